The van der Waals surface area contributed by atoms with E-state index < -0.39 is 31.0 Å². The fourth-order valence-corrected chi connectivity index (χ4v) is 4.48. The quantitative estimate of drug-likeness (QED) is 0.377. The number of hydrogen-bond donors (Lipinski definition) is 2. The minimum absolute atomic E-state index is 0.0376. The molecule has 2 N–H and O–H groups in total. The van der Waals surface area contributed by atoms with E-state index >= 15 is 0 Å². The zero-order valence-corrected chi connectivity index (χ0v) is 19.0. The number of benzene rings is 1. The predicted octanol–water partition coefficient (Wildman–Crippen LogP) is 4.63. The fourth-order valence-electron chi connectivity index (χ4n) is 4.48. The summed E-state index contributed by atoms with van der Waals surface area (Å²) >= 11 is 0. The van der Waals surface area contributed by atoms with Crippen LogP contribution in [0.1, 0.15) is 43.8 Å². The third kappa shape index (κ3) is 4.81. The minimum atomic E-state index is -2.64. The lowest BCUT2D eigenvalue weighted by molar-refractivity contribution is 0.0813. The van der Waals surface area contributed by atoms with Crippen molar-refractivity contribution in [1.29, 1.82) is 0 Å². The van der Waals surface area contributed by atoms with Gasteiger partial charge in [0.05, 0.1) is 30.6 Å². The Morgan fingerprint density at radius 2 is 2.06 bits per heavy atom. The average molecular weight is 486 g/mol. The number of hydrogen-bond acceptors (Lipinski definition) is 6. The number of nitrogens with one attached hydrogen (secondary N) is 1. The smallest absolute Gasteiger partial charge is 0.272 e. The van der Waals surface area contributed by atoms with Gasteiger partial charge in [0.15, 0.2) is 5.65 Å². The molecule has 5 rings (SSSR count). The van der Waals surface area contributed by atoms with Crippen molar-refractivity contribution in [2.24, 2.45) is 0 Å². The summed E-state index contributed by atoms with van der Waals surface area (Å²) < 4.78 is 47.8. The van der Waals surface area contributed by atoms with Gasteiger partial charge < -0.3 is 15.2 Å². The zero-order valence-electron chi connectivity index (χ0n) is 19.0. The van der Waals surface area contributed by atoms with E-state index in [9.17, 15) is 18.3 Å². The van der Waals surface area contributed by atoms with Crippen LogP contribution in [-0.2, 0) is 0 Å². The molecule has 11 heteroatoms. The number of rotatable bonds is 8. The SMILES string of the molecule is CC(Nc1ccn2ncc(-c3cnn(C4CCCC4O)c3)c2n1)c1cc(F)ccc1OCC(F)F. The van der Waals surface area contributed by atoms with Gasteiger partial charge in [-0.2, -0.15) is 10.2 Å². The maximum atomic E-state index is 13.9. The van der Waals surface area contributed by atoms with Gasteiger partial charge in [-0.05, 0) is 50.5 Å². The van der Waals surface area contributed by atoms with E-state index in [0.717, 1.165) is 30.4 Å². The van der Waals surface area contributed by atoms with E-state index in [1.807, 2.05) is 6.20 Å². The van der Waals surface area contributed by atoms with Crippen molar-refractivity contribution in [3.8, 4) is 16.9 Å². The second-order valence-electron chi connectivity index (χ2n) is 8.66. The van der Waals surface area contributed by atoms with Crippen LogP contribution in [0.2, 0.25) is 0 Å². The number of halogens is 3. The summed E-state index contributed by atoms with van der Waals surface area (Å²) in [6.07, 6.45) is 6.63. The maximum Gasteiger partial charge on any atom is 0.272 e. The topological polar surface area (TPSA) is 89.5 Å². The lowest BCUT2D eigenvalue weighted by atomic mass is 10.1. The average Bonchev–Trinajstić information content (AvgIpc) is 3.57. The first kappa shape index (κ1) is 23.2. The minimum Gasteiger partial charge on any atom is -0.487 e. The summed E-state index contributed by atoms with van der Waals surface area (Å²) in [5, 5.41) is 22.2. The van der Waals surface area contributed by atoms with Crippen LogP contribution in [0.3, 0.4) is 0 Å². The number of aliphatic hydroxyl groups is 1. The number of nitrogens with zero attached hydrogens (tertiary/aromatic N) is 5. The molecule has 0 bridgehead atoms. The molecule has 0 amide bonds. The molecule has 0 aliphatic heterocycles. The fraction of sp³-hybridized carbons (Fsp3) is 0.375. The van der Waals surface area contributed by atoms with Gasteiger partial charge >= 0.3 is 0 Å². The van der Waals surface area contributed by atoms with Gasteiger partial charge in [-0.25, -0.2) is 22.7 Å². The van der Waals surface area contributed by atoms with Crippen molar-refractivity contribution in [3.63, 3.8) is 0 Å². The Bertz CT molecular complexity index is 1320. The van der Waals surface area contributed by atoms with Crippen LogP contribution in [0, 0.1) is 5.82 Å². The molecular weight excluding hydrogens is 461 g/mol. The Balaban J connectivity index is 1.40. The number of alkyl halides is 2. The second kappa shape index (κ2) is 9.57. The summed E-state index contributed by atoms with van der Waals surface area (Å²) in [5.74, 6) is 0.178. The van der Waals surface area contributed by atoms with Gasteiger partial charge in [-0.1, -0.05) is 0 Å². The molecule has 1 saturated carbocycles. The number of aromatic nitrogens is 5. The first-order valence-corrected chi connectivity index (χ1v) is 11.4. The molecular formula is C24H25F3N6O2. The highest BCUT2D eigenvalue weighted by Crippen LogP contribution is 2.33. The lowest BCUT2D eigenvalue weighted by Gasteiger charge is -2.19. The highest BCUT2D eigenvalue weighted by molar-refractivity contribution is 5.76. The summed E-state index contributed by atoms with van der Waals surface area (Å²) in [7, 11) is 0. The van der Waals surface area contributed by atoms with E-state index in [-0.39, 0.29) is 11.8 Å². The highest BCUT2D eigenvalue weighted by Gasteiger charge is 2.27. The second-order valence-corrected chi connectivity index (χ2v) is 8.66. The van der Waals surface area contributed by atoms with E-state index in [2.05, 4.69) is 20.5 Å². The Kier molecular flexibility index (Phi) is 6.33. The Labute approximate surface area is 199 Å². The third-order valence-corrected chi connectivity index (χ3v) is 6.23. The van der Waals surface area contributed by atoms with Gasteiger partial charge in [-0.3, -0.25) is 4.68 Å². The van der Waals surface area contributed by atoms with Crippen molar-refractivity contribution in [3.05, 3.63) is 60.4 Å². The predicted molar refractivity (Wildman–Crippen MR) is 123 cm³/mol. The third-order valence-electron chi connectivity index (χ3n) is 6.23. The first-order chi connectivity index (χ1) is 16.9. The lowest BCUT2D eigenvalue weighted by Crippen LogP contribution is -2.18. The molecule has 0 radical (unpaired) electrons. The van der Waals surface area contributed by atoms with Gasteiger partial charge in [0.1, 0.15) is 24.0 Å². The number of aliphatic hydroxyl groups excluding tert-OH is 1. The molecule has 0 saturated heterocycles. The van der Waals surface area contributed by atoms with Crippen molar-refractivity contribution >= 4 is 11.5 Å². The maximum absolute atomic E-state index is 13.9. The van der Waals surface area contributed by atoms with Crippen LogP contribution < -0.4 is 10.1 Å². The van der Waals surface area contributed by atoms with Crippen LogP contribution in [0.4, 0.5) is 19.0 Å². The van der Waals surface area contributed by atoms with E-state index in [4.69, 9.17) is 4.74 Å². The van der Waals surface area contributed by atoms with Crippen LogP contribution in [0.15, 0.2) is 49.1 Å². The normalized spacial score (nSPS) is 18.9. The monoisotopic (exact) mass is 486 g/mol. The molecule has 1 aromatic carbocycles. The van der Waals surface area contributed by atoms with Gasteiger partial charge in [0.2, 0.25) is 0 Å². The van der Waals surface area contributed by atoms with Crippen molar-refractivity contribution in [1.82, 2.24) is 24.4 Å². The van der Waals surface area contributed by atoms with E-state index in [1.165, 1.54) is 18.2 Å². The summed E-state index contributed by atoms with van der Waals surface area (Å²) in [5.41, 5.74) is 2.58. The molecule has 3 aromatic heterocycles. The highest BCUT2D eigenvalue weighted by atomic mass is 19.3. The first-order valence-electron chi connectivity index (χ1n) is 11.4. The largest absolute Gasteiger partial charge is 0.487 e. The molecule has 0 spiro atoms. The van der Waals surface area contributed by atoms with Gasteiger partial charge in [0.25, 0.3) is 6.43 Å². The number of fused-ring (bicyclic) bond motifs is 1. The summed E-state index contributed by atoms with van der Waals surface area (Å²) in [6.45, 7) is 0.991. The summed E-state index contributed by atoms with van der Waals surface area (Å²) in [6, 6.07) is 4.97. The van der Waals surface area contributed by atoms with Crippen LogP contribution in [-0.4, -0.2) is 48.6 Å². The van der Waals surface area contributed by atoms with Crippen LogP contribution >= 0.6 is 0 Å². The Morgan fingerprint density at radius 3 is 2.83 bits per heavy atom. The molecule has 184 valence electrons. The van der Waals surface area contributed by atoms with Crippen molar-refractivity contribution < 1.29 is 23.0 Å². The Morgan fingerprint density at radius 1 is 1.20 bits per heavy atom. The molecule has 4 aromatic rings. The van der Waals surface area contributed by atoms with Gasteiger partial charge in [0, 0.05) is 29.1 Å². The molecule has 35 heavy (non-hydrogen) atoms. The molecule has 3 heterocycles. The molecule has 1 aliphatic rings. The van der Waals surface area contributed by atoms with E-state index in [0.29, 0.717) is 17.0 Å². The Hall–Kier alpha value is -3.60. The van der Waals surface area contributed by atoms with Crippen molar-refractivity contribution in [2.75, 3.05) is 11.9 Å². The van der Waals surface area contributed by atoms with Crippen molar-refractivity contribution in [2.45, 2.75) is 50.8 Å². The standard InChI is InChI=1S/C24H25F3N6O2/c1-14(17-9-16(25)5-6-21(17)35-13-22(26)27)30-23-7-8-32-24(31-23)18(11-29-32)15-10-28-33(12-15)19-3-2-4-20(19)34/h5-12,14,19-20,22,34H,2-4,13H2,1H3,(H,30,31). The number of ether oxygens (including phenoxy) is 1. The molecule has 1 fully saturated rings. The van der Waals surface area contributed by atoms with Gasteiger partial charge in [-0.15, -0.1) is 0 Å². The molecule has 8 nitrogen and oxygen atoms in total. The molecule has 3 atom stereocenters. The molecule has 3 unspecified atom stereocenters. The summed E-state index contributed by atoms with van der Waals surface area (Å²) in [4.78, 5) is 4.67. The van der Waals surface area contributed by atoms with Crippen LogP contribution in [0.5, 0.6) is 5.75 Å². The van der Waals surface area contributed by atoms with Crippen LogP contribution in [0.25, 0.3) is 16.8 Å². The number of anilines is 1. The molecule has 1 aliphatic carbocycles. The zero-order chi connectivity index (χ0) is 24.5. The van der Waals surface area contributed by atoms with E-state index in [1.54, 1.807) is 40.8 Å².